The van der Waals surface area contributed by atoms with E-state index >= 15 is 0 Å². The van der Waals surface area contributed by atoms with Crippen molar-refractivity contribution in [2.45, 2.75) is 18.4 Å². The molecule has 0 amide bonds. The zero-order valence-electron chi connectivity index (χ0n) is 14.2. The average molecular weight is 513 g/mol. The van der Waals surface area contributed by atoms with Gasteiger partial charge in [-0.1, -0.05) is 17.7 Å². The van der Waals surface area contributed by atoms with Crippen molar-refractivity contribution in [3.8, 4) is 0 Å². The molecule has 26 heavy (non-hydrogen) atoms. The highest BCUT2D eigenvalue weighted by atomic mass is 127. The predicted octanol–water partition coefficient (Wildman–Crippen LogP) is 2.58. The van der Waals surface area contributed by atoms with Gasteiger partial charge in [-0.25, -0.2) is 18.1 Å². The van der Waals surface area contributed by atoms with Gasteiger partial charge in [-0.2, -0.15) is 0 Å². The second-order valence-electron chi connectivity index (χ2n) is 5.06. The van der Waals surface area contributed by atoms with E-state index in [2.05, 4.69) is 20.3 Å². The van der Waals surface area contributed by atoms with Gasteiger partial charge in [0.2, 0.25) is 10.0 Å². The van der Waals surface area contributed by atoms with E-state index in [0.717, 1.165) is 5.76 Å². The number of aliphatic imine (C=N–C) groups is 1. The van der Waals surface area contributed by atoms with E-state index < -0.39 is 10.0 Å². The summed E-state index contributed by atoms with van der Waals surface area (Å²) in [5.41, 5.74) is 0. The number of hydrogen-bond donors (Lipinski definition) is 3. The van der Waals surface area contributed by atoms with Gasteiger partial charge in [0, 0.05) is 24.7 Å². The van der Waals surface area contributed by atoms with Crippen molar-refractivity contribution in [2.24, 2.45) is 4.99 Å². The Labute approximate surface area is 175 Å². The first-order valence-corrected chi connectivity index (χ1v) is 9.67. The number of sulfonamides is 1. The fourth-order valence-corrected chi connectivity index (χ4v) is 3.32. The van der Waals surface area contributed by atoms with E-state index in [1.807, 2.05) is 13.0 Å². The van der Waals surface area contributed by atoms with Gasteiger partial charge in [0.1, 0.15) is 12.3 Å². The number of hydrogen-bond acceptors (Lipinski definition) is 4. The maximum absolute atomic E-state index is 12.2. The van der Waals surface area contributed by atoms with E-state index in [-0.39, 0.29) is 35.4 Å². The molecule has 0 aliphatic carbocycles. The summed E-state index contributed by atoms with van der Waals surface area (Å²) < 4.78 is 32.1. The molecule has 144 valence electrons. The van der Waals surface area contributed by atoms with Crippen molar-refractivity contribution in [2.75, 3.05) is 19.6 Å². The molecule has 1 heterocycles. The Bertz CT molecular complexity index is 798. The maximum Gasteiger partial charge on any atom is 0.240 e. The number of furan rings is 1. The molecule has 10 heteroatoms. The van der Waals surface area contributed by atoms with E-state index in [9.17, 15) is 8.42 Å². The standard InChI is InChI=1S/C16H21ClN4O3S.HI/c1-2-18-16(20-12-14-6-4-10-24-14)19-8-9-21-25(22,23)15-7-3-5-13(17)11-15;/h3-7,10-11,21H,2,8-9,12H2,1H3,(H2,18,19,20);1H. The Hall–Kier alpha value is -1.30. The number of nitrogens with one attached hydrogen (secondary N) is 3. The fourth-order valence-electron chi connectivity index (χ4n) is 1.99. The molecule has 0 bridgehead atoms. The molecular formula is C16H22ClIN4O3S. The SMILES string of the molecule is CCNC(=NCc1ccco1)NCCNS(=O)(=O)c1cccc(Cl)c1.I. The first-order valence-electron chi connectivity index (χ1n) is 7.81. The number of guanidine groups is 1. The minimum Gasteiger partial charge on any atom is -0.467 e. The first kappa shape index (κ1) is 22.7. The molecule has 0 aliphatic heterocycles. The number of benzene rings is 1. The number of rotatable bonds is 8. The summed E-state index contributed by atoms with van der Waals surface area (Å²) in [5, 5.41) is 6.52. The minimum absolute atomic E-state index is 0. The lowest BCUT2D eigenvalue weighted by atomic mass is 10.4. The molecule has 0 saturated heterocycles. The average Bonchev–Trinajstić information content (AvgIpc) is 3.10. The van der Waals surface area contributed by atoms with Crippen LogP contribution in [-0.2, 0) is 16.6 Å². The summed E-state index contributed by atoms with van der Waals surface area (Å²) in [5.74, 6) is 1.33. The molecule has 0 unspecified atom stereocenters. The Morgan fingerprint density at radius 1 is 1.19 bits per heavy atom. The van der Waals surface area contributed by atoms with Crippen molar-refractivity contribution in [3.05, 3.63) is 53.4 Å². The van der Waals surface area contributed by atoms with E-state index in [4.69, 9.17) is 16.0 Å². The van der Waals surface area contributed by atoms with Crippen LogP contribution < -0.4 is 15.4 Å². The van der Waals surface area contributed by atoms with Gasteiger partial charge >= 0.3 is 0 Å². The van der Waals surface area contributed by atoms with E-state index in [0.29, 0.717) is 30.6 Å². The van der Waals surface area contributed by atoms with E-state index in [1.165, 1.54) is 12.1 Å². The maximum atomic E-state index is 12.2. The van der Waals surface area contributed by atoms with Crippen LogP contribution >= 0.6 is 35.6 Å². The minimum atomic E-state index is -3.59. The van der Waals surface area contributed by atoms with Crippen LogP contribution in [0.1, 0.15) is 12.7 Å². The lowest BCUT2D eigenvalue weighted by Gasteiger charge is -2.12. The molecule has 2 aromatic rings. The number of halogens is 2. The molecule has 0 aliphatic rings. The lowest BCUT2D eigenvalue weighted by Crippen LogP contribution is -2.41. The molecule has 3 N–H and O–H groups in total. The van der Waals surface area contributed by atoms with Crippen LogP contribution in [0.2, 0.25) is 5.02 Å². The summed E-state index contributed by atoms with van der Waals surface area (Å²) in [6, 6.07) is 9.77. The van der Waals surface area contributed by atoms with Crippen LogP contribution in [0.5, 0.6) is 0 Å². The topological polar surface area (TPSA) is 95.7 Å². The number of nitrogens with zero attached hydrogens (tertiary/aromatic N) is 1. The molecule has 0 atom stereocenters. The summed E-state index contributed by atoms with van der Waals surface area (Å²) in [6.07, 6.45) is 1.59. The van der Waals surface area contributed by atoms with Crippen molar-refractivity contribution in [1.82, 2.24) is 15.4 Å². The van der Waals surface area contributed by atoms with Crippen LogP contribution in [0.4, 0.5) is 0 Å². The van der Waals surface area contributed by atoms with Gasteiger partial charge in [0.25, 0.3) is 0 Å². The second kappa shape index (κ2) is 11.4. The van der Waals surface area contributed by atoms with Crippen LogP contribution in [0.3, 0.4) is 0 Å². The highest BCUT2D eigenvalue weighted by Crippen LogP contribution is 2.14. The molecule has 7 nitrogen and oxygen atoms in total. The first-order chi connectivity index (χ1) is 12.0. The largest absolute Gasteiger partial charge is 0.467 e. The third kappa shape index (κ3) is 7.52. The quantitative estimate of drug-likeness (QED) is 0.219. The Balaban J connectivity index is 0.00000338. The molecule has 1 aromatic heterocycles. The van der Waals surface area contributed by atoms with Gasteiger partial charge in [-0.3, -0.25) is 0 Å². The van der Waals surface area contributed by atoms with Gasteiger partial charge < -0.3 is 15.1 Å². The lowest BCUT2D eigenvalue weighted by molar-refractivity contribution is 0.512. The third-order valence-electron chi connectivity index (χ3n) is 3.13. The van der Waals surface area contributed by atoms with Crippen LogP contribution in [0.15, 0.2) is 57.0 Å². The normalized spacial score (nSPS) is 11.7. The highest BCUT2D eigenvalue weighted by molar-refractivity contribution is 14.0. The van der Waals surface area contributed by atoms with Crippen LogP contribution in [0, 0.1) is 0 Å². The van der Waals surface area contributed by atoms with Crippen molar-refractivity contribution >= 4 is 51.6 Å². The Morgan fingerprint density at radius 3 is 2.65 bits per heavy atom. The zero-order valence-corrected chi connectivity index (χ0v) is 18.1. The van der Waals surface area contributed by atoms with Crippen molar-refractivity contribution in [1.29, 1.82) is 0 Å². The summed E-state index contributed by atoms with van der Waals surface area (Å²) in [4.78, 5) is 4.50. The smallest absolute Gasteiger partial charge is 0.240 e. The highest BCUT2D eigenvalue weighted by Gasteiger charge is 2.13. The molecule has 0 radical (unpaired) electrons. The Morgan fingerprint density at radius 2 is 2.00 bits per heavy atom. The third-order valence-corrected chi connectivity index (χ3v) is 4.83. The van der Waals surface area contributed by atoms with E-state index in [1.54, 1.807) is 24.5 Å². The molecule has 2 rings (SSSR count). The molecular weight excluding hydrogens is 491 g/mol. The van der Waals surface area contributed by atoms with Crippen LogP contribution in [0.25, 0.3) is 0 Å². The summed E-state index contributed by atoms with van der Waals surface area (Å²) >= 11 is 5.83. The summed E-state index contributed by atoms with van der Waals surface area (Å²) in [6.45, 7) is 3.63. The second-order valence-corrected chi connectivity index (χ2v) is 7.26. The van der Waals surface area contributed by atoms with Crippen LogP contribution in [-0.4, -0.2) is 34.0 Å². The summed E-state index contributed by atoms with van der Waals surface area (Å²) in [7, 11) is -3.59. The van der Waals surface area contributed by atoms with Gasteiger partial charge in [-0.15, -0.1) is 24.0 Å². The monoisotopic (exact) mass is 512 g/mol. The van der Waals surface area contributed by atoms with Gasteiger partial charge in [0.05, 0.1) is 11.2 Å². The van der Waals surface area contributed by atoms with Crippen molar-refractivity contribution < 1.29 is 12.8 Å². The van der Waals surface area contributed by atoms with Gasteiger partial charge in [-0.05, 0) is 37.3 Å². The molecule has 0 fully saturated rings. The fraction of sp³-hybridized carbons (Fsp3) is 0.312. The molecule has 0 spiro atoms. The zero-order chi connectivity index (χ0) is 18.1. The van der Waals surface area contributed by atoms with Crippen molar-refractivity contribution in [3.63, 3.8) is 0 Å². The predicted molar refractivity (Wildman–Crippen MR) is 114 cm³/mol. The molecule has 0 saturated carbocycles. The van der Waals surface area contributed by atoms with Gasteiger partial charge in [0.15, 0.2) is 5.96 Å². The molecule has 1 aromatic carbocycles. The Kier molecular flexibility index (Phi) is 9.99.